The van der Waals surface area contributed by atoms with Gasteiger partial charge in [0.25, 0.3) is 5.91 Å². The highest BCUT2D eigenvalue weighted by Crippen LogP contribution is 2.40. The molecule has 1 aromatic heterocycles. The van der Waals surface area contributed by atoms with Crippen molar-refractivity contribution in [3.63, 3.8) is 0 Å². The summed E-state index contributed by atoms with van der Waals surface area (Å²) < 4.78 is 22.5. The summed E-state index contributed by atoms with van der Waals surface area (Å²) in [6.07, 6.45) is 4.11. The minimum atomic E-state index is -0.162. The molecule has 0 radical (unpaired) electrons. The lowest BCUT2D eigenvalue weighted by atomic mass is 10.2. The number of amides is 1. The van der Waals surface area contributed by atoms with Crippen LogP contribution in [0, 0.1) is 0 Å². The van der Waals surface area contributed by atoms with Gasteiger partial charge in [0, 0.05) is 12.6 Å². The van der Waals surface area contributed by atoms with Gasteiger partial charge in [-0.2, -0.15) is 0 Å². The van der Waals surface area contributed by atoms with Crippen LogP contribution in [0.15, 0.2) is 36.4 Å². The molecule has 10 heteroatoms. The fourth-order valence-electron chi connectivity index (χ4n) is 3.45. The molecule has 0 bridgehead atoms. The number of ether oxygens (including phenoxy) is 4. The van der Waals surface area contributed by atoms with Crippen LogP contribution in [0.25, 0.3) is 16.3 Å². The third-order valence-electron chi connectivity index (χ3n) is 5.21. The van der Waals surface area contributed by atoms with Crippen molar-refractivity contribution in [2.45, 2.75) is 6.42 Å². The normalized spacial score (nSPS) is 10.9. The number of aromatic nitrogens is 1. The Morgan fingerprint density at radius 1 is 0.914 bits per heavy atom. The van der Waals surface area contributed by atoms with E-state index in [4.69, 9.17) is 23.9 Å². The van der Waals surface area contributed by atoms with Crippen molar-refractivity contribution in [1.82, 2.24) is 9.88 Å². The number of benzene rings is 2. The second-order valence-corrected chi connectivity index (χ2v) is 8.72. The van der Waals surface area contributed by atoms with Crippen LogP contribution in [0.1, 0.15) is 12.0 Å². The zero-order valence-corrected chi connectivity index (χ0v) is 22.5. The smallest absolute Gasteiger partial charge is 0.252 e. The number of anilines is 1. The van der Waals surface area contributed by atoms with Crippen LogP contribution in [0.5, 0.6) is 23.0 Å². The minimum absolute atomic E-state index is 0. The summed E-state index contributed by atoms with van der Waals surface area (Å²) in [5, 5.41) is 0.596. The van der Waals surface area contributed by atoms with Gasteiger partial charge in [-0.15, -0.1) is 12.4 Å². The van der Waals surface area contributed by atoms with Gasteiger partial charge in [0.05, 0.1) is 28.4 Å². The Morgan fingerprint density at radius 3 is 2.17 bits per heavy atom. The zero-order chi connectivity index (χ0) is 24.7. The van der Waals surface area contributed by atoms with Gasteiger partial charge in [-0.25, -0.2) is 4.98 Å². The number of hydrogen-bond acceptors (Lipinski definition) is 8. The van der Waals surface area contributed by atoms with Gasteiger partial charge >= 0.3 is 0 Å². The van der Waals surface area contributed by atoms with Crippen LogP contribution >= 0.6 is 23.7 Å². The summed E-state index contributed by atoms with van der Waals surface area (Å²) in [4.78, 5) is 21.9. The number of carbonyl (C=O) groups excluding carboxylic acids is 1. The van der Waals surface area contributed by atoms with E-state index in [9.17, 15) is 4.79 Å². The van der Waals surface area contributed by atoms with E-state index in [1.165, 1.54) is 11.3 Å². The first-order valence-corrected chi connectivity index (χ1v) is 11.6. The summed E-state index contributed by atoms with van der Waals surface area (Å²) in [5.74, 6) is 2.41. The molecule has 0 aliphatic carbocycles. The number of carbonyl (C=O) groups is 1. The highest BCUT2D eigenvalue weighted by atomic mass is 35.5. The first kappa shape index (κ1) is 28.2. The highest BCUT2D eigenvalue weighted by molar-refractivity contribution is 7.22. The quantitative estimate of drug-likeness (QED) is 0.337. The maximum absolute atomic E-state index is 13.3. The fourth-order valence-corrected chi connectivity index (χ4v) is 4.55. The van der Waals surface area contributed by atoms with Crippen LogP contribution in [-0.4, -0.2) is 71.4 Å². The molecule has 0 unspecified atom stereocenters. The first-order chi connectivity index (χ1) is 16.4. The van der Waals surface area contributed by atoms with E-state index in [-0.39, 0.29) is 18.3 Å². The third-order valence-corrected chi connectivity index (χ3v) is 6.30. The van der Waals surface area contributed by atoms with Crippen molar-refractivity contribution in [1.29, 1.82) is 0 Å². The van der Waals surface area contributed by atoms with Crippen molar-refractivity contribution >= 4 is 51.1 Å². The Balaban J connectivity index is 0.00000432. The first-order valence-electron chi connectivity index (χ1n) is 10.8. The van der Waals surface area contributed by atoms with Gasteiger partial charge in [0.2, 0.25) is 0 Å². The molecule has 1 amide bonds. The zero-order valence-electron chi connectivity index (χ0n) is 20.9. The fraction of sp³-hybridized carbons (Fsp3) is 0.360. The van der Waals surface area contributed by atoms with E-state index >= 15 is 0 Å². The Hall–Kier alpha value is -3.01. The standard InChI is InChI=1S/C25H31N3O5S.ClH/c1-27(2)14-7-15-28(22(29)13-9-17-8-10-18(30-3)21(16-17)33-6)25-26-23-19(31-4)11-12-20(32-5)24(23)34-25;/h8-13,16H,7,14-15H2,1-6H3;1H. The van der Waals surface area contributed by atoms with E-state index in [0.717, 1.165) is 23.2 Å². The number of methoxy groups -OCH3 is 4. The number of fused-ring (bicyclic) bond motifs is 1. The molecule has 0 aliphatic rings. The summed E-state index contributed by atoms with van der Waals surface area (Å²) in [5.41, 5.74) is 1.50. The molecule has 3 aromatic rings. The lowest BCUT2D eigenvalue weighted by Crippen LogP contribution is -2.32. The number of rotatable bonds is 11. The van der Waals surface area contributed by atoms with Gasteiger partial charge in [-0.05, 0) is 63.0 Å². The SMILES string of the molecule is COc1ccc(C=CC(=O)N(CCCN(C)C)c2nc3c(OC)ccc(OC)c3s2)cc1OC.Cl. The Morgan fingerprint density at radius 2 is 1.54 bits per heavy atom. The molecule has 8 nitrogen and oxygen atoms in total. The topological polar surface area (TPSA) is 73.4 Å². The third kappa shape index (κ3) is 6.78. The van der Waals surface area contributed by atoms with Crippen LogP contribution in [0.2, 0.25) is 0 Å². The molecule has 0 fully saturated rings. The average Bonchev–Trinajstić information content (AvgIpc) is 3.29. The van der Waals surface area contributed by atoms with Crippen molar-refractivity contribution in [3.05, 3.63) is 42.0 Å². The molecular formula is C25H32ClN3O5S. The molecule has 0 N–H and O–H groups in total. The van der Waals surface area contributed by atoms with E-state index in [2.05, 4.69) is 4.90 Å². The molecule has 0 saturated heterocycles. The second kappa shape index (κ2) is 13.2. The van der Waals surface area contributed by atoms with E-state index in [1.807, 2.05) is 44.4 Å². The van der Waals surface area contributed by atoms with Crippen LogP contribution in [0.3, 0.4) is 0 Å². The van der Waals surface area contributed by atoms with Crippen LogP contribution in [0.4, 0.5) is 5.13 Å². The Bertz CT molecular complexity index is 1120. The molecule has 0 atom stereocenters. The van der Waals surface area contributed by atoms with Crippen molar-refractivity contribution in [3.8, 4) is 23.0 Å². The van der Waals surface area contributed by atoms with Crippen molar-refractivity contribution in [2.75, 3.05) is 60.5 Å². The number of thiazole rings is 1. The minimum Gasteiger partial charge on any atom is -0.495 e. The number of halogens is 1. The molecule has 0 saturated carbocycles. The van der Waals surface area contributed by atoms with E-state index < -0.39 is 0 Å². The van der Waals surface area contributed by atoms with E-state index in [1.54, 1.807) is 45.5 Å². The number of nitrogens with zero attached hydrogens (tertiary/aromatic N) is 3. The Kier molecular flexibility index (Phi) is 10.6. The molecule has 190 valence electrons. The van der Waals surface area contributed by atoms with Crippen LogP contribution < -0.4 is 23.8 Å². The predicted octanol–water partition coefficient (Wildman–Crippen LogP) is 4.75. The predicted molar refractivity (Wildman–Crippen MR) is 144 cm³/mol. The van der Waals surface area contributed by atoms with Gasteiger partial charge < -0.3 is 23.8 Å². The molecule has 0 spiro atoms. The average molecular weight is 522 g/mol. The van der Waals surface area contributed by atoms with Gasteiger partial charge in [-0.3, -0.25) is 9.69 Å². The monoisotopic (exact) mass is 521 g/mol. The van der Waals surface area contributed by atoms with E-state index in [0.29, 0.717) is 40.2 Å². The molecule has 3 rings (SSSR count). The Labute approximate surface area is 216 Å². The molecule has 35 heavy (non-hydrogen) atoms. The summed E-state index contributed by atoms with van der Waals surface area (Å²) in [6.45, 7) is 1.37. The molecule has 0 aliphatic heterocycles. The second-order valence-electron chi connectivity index (χ2n) is 7.74. The molecular weight excluding hydrogens is 490 g/mol. The maximum atomic E-state index is 13.3. The maximum Gasteiger partial charge on any atom is 0.252 e. The van der Waals surface area contributed by atoms with Crippen molar-refractivity contribution < 1.29 is 23.7 Å². The highest BCUT2D eigenvalue weighted by Gasteiger charge is 2.21. The van der Waals surface area contributed by atoms with Gasteiger partial charge in [-0.1, -0.05) is 17.4 Å². The molecule has 1 heterocycles. The van der Waals surface area contributed by atoms with Gasteiger partial charge in [0.15, 0.2) is 16.6 Å². The van der Waals surface area contributed by atoms with Crippen molar-refractivity contribution in [2.24, 2.45) is 0 Å². The summed E-state index contributed by atoms with van der Waals surface area (Å²) in [6, 6.07) is 9.17. The number of hydrogen-bond donors (Lipinski definition) is 0. The summed E-state index contributed by atoms with van der Waals surface area (Å²) in [7, 11) is 10.4. The molecule has 2 aromatic carbocycles. The van der Waals surface area contributed by atoms with Crippen LogP contribution in [-0.2, 0) is 4.79 Å². The van der Waals surface area contributed by atoms with Gasteiger partial charge in [0.1, 0.15) is 21.7 Å². The lowest BCUT2D eigenvalue weighted by Gasteiger charge is -2.19. The summed E-state index contributed by atoms with van der Waals surface area (Å²) >= 11 is 1.41. The largest absolute Gasteiger partial charge is 0.495 e. The lowest BCUT2D eigenvalue weighted by molar-refractivity contribution is -0.114.